The Labute approximate surface area is 126 Å². The molecule has 2 N–H and O–H groups in total. The Kier molecular flexibility index (Phi) is 3.89. The Bertz CT molecular complexity index is 503. The van der Waals surface area contributed by atoms with Crippen molar-refractivity contribution in [1.29, 1.82) is 0 Å². The summed E-state index contributed by atoms with van der Waals surface area (Å²) in [4.78, 5) is 15.6. The van der Waals surface area contributed by atoms with E-state index in [0.717, 1.165) is 39.1 Å². The van der Waals surface area contributed by atoms with Gasteiger partial charge in [0.1, 0.15) is 0 Å². The number of rotatable bonds is 2. The molecular weight excluding hydrogens is 262 g/mol. The first-order chi connectivity index (χ1) is 10.1. The molecular formula is C17H25N3O. The average molecular weight is 287 g/mol. The fourth-order valence-corrected chi connectivity index (χ4v) is 3.67. The molecule has 0 aromatic heterocycles. The van der Waals surface area contributed by atoms with Gasteiger partial charge < -0.3 is 10.6 Å². The van der Waals surface area contributed by atoms with Crippen LogP contribution in [0.25, 0.3) is 0 Å². The maximum absolute atomic E-state index is 11.3. The highest BCUT2D eigenvalue weighted by molar-refractivity contribution is 5.72. The number of piperidine rings is 1. The van der Waals surface area contributed by atoms with Crippen molar-refractivity contribution in [2.75, 3.05) is 26.2 Å². The van der Waals surface area contributed by atoms with Crippen molar-refractivity contribution >= 4 is 6.03 Å². The van der Waals surface area contributed by atoms with Gasteiger partial charge in [-0.25, -0.2) is 4.79 Å². The fraction of sp³-hybridized carbons (Fsp3) is 0.588. The lowest BCUT2D eigenvalue weighted by molar-refractivity contribution is 0.106. The molecule has 114 valence electrons. The number of nitrogens with zero attached hydrogens (tertiary/aromatic N) is 2. The Morgan fingerprint density at radius 3 is 2.33 bits per heavy atom. The molecule has 0 bridgehead atoms. The molecule has 2 fully saturated rings. The zero-order chi connectivity index (χ0) is 14.9. The number of amides is 2. The van der Waals surface area contributed by atoms with E-state index in [4.69, 9.17) is 5.73 Å². The molecule has 4 nitrogen and oxygen atoms in total. The van der Waals surface area contributed by atoms with Crippen LogP contribution in [-0.2, 0) is 6.54 Å². The molecule has 0 radical (unpaired) electrons. The molecule has 2 amide bonds. The molecule has 0 unspecified atom stereocenters. The quantitative estimate of drug-likeness (QED) is 0.908. The van der Waals surface area contributed by atoms with Gasteiger partial charge in [0.2, 0.25) is 0 Å². The second kappa shape index (κ2) is 5.68. The van der Waals surface area contributed by atoms with E-state index in [2.05, 4.69) is 36.1 Å². The average Bonchev–Trinajstić information content (AvgIpc) is 2.89. The highest BCUT2D eigenvalue weighted by atomic mass is 16.2. The van der Waals surface area contributed by atoms with Crippen molar-refractivity contribution in [2.45, 2.75) is 32.7 Å². The SMILES string of the molecule is Cc1ccc(CN2CCC3(CC2)CCN(C(N)=O)C3)cc1. The summed E-state index contributed by atoms with van der Waals surface area (Å²) in [5.41, 5.74) is 8.44. The number of primary amides is 1. The number of benzene rings is 1. The maximum atomic E-state index is 11.3. The minimum atomic E-state index is -0.256. The van der Waals surface area contributed by atoms with Crippen LogP contribution in [0.5, 0.6) is 0 Å². The molecule has 0 saturated carbocycles. The molecule has 2 aliphatic rings. The second-order valence-electron chi connectivity index (χ2n) is 6.77. The highest BCUT2D eigenvalue weighted by Crippen LogP contribution is 2.40. The first kappa shape index (κ1) is 14.4. The summed E-state index contributed by atoms with van der Waals surface area (Å²) in [6, 6.07) is 8.56. The van der Waals surface area contributed by atoms with Gasteiger partial charge in [-0.1, -0.05) is 29.8 Å². The van der Waals surface area contributed by atoms with E-state index in [1.165, 1.54) is 24.0 Å². The van der Waals surface area contributed by atoms with Crippen LogP contribution >= 0.6 is 0 Å². The van der Waals surface area contributed by atoms with Gasteiger partial charge in [0, 0.05) is 19.6 Å². The number of hydrogen-bond donors (Lipinski definition) is 1. The molecule has 1 spiro atoms. The summed E-state index contributed by atoms with van der Waals surface area (Å²) in [5.74, 6) is 0. The van der Waals surface area contributed by atoms with E-state index >= 15 is 0 Å². The molecule has 2 saturated heterocycles. The van der Waals surface area contributed by atoms with Crippen molar-refractivity contribution < 1.29 is 4.79 Å². The minimum Gasteiger partial charge on any atom is -0.351 e. The van der Waals surface area contributed by atoms with Gasteiger partial charge in [-0.15, -0.1) is 0 Å². The second-order valence-corrected chi connectivity index (χ2v) is 6.77. The monoisotopic (exact) mass is 287 g/mol. The van der Waals surface area contributed by atoms with Gasteiger partial charge >= 0.3 is 6.03 Å². The topological polar surface area (TPSA) is 49.6 Å². The molecule has 4 heteroatoms. The Balaban J connectivity index is 1.53. The number of aryl methyl sites for hydroxylation is 1. The Morgan fingerprint density at radius 2 is 1.76 bits per heavy atom. The van der Waals surface area contributed by atoms with Gasteiger partial charge in [0.25, 0.3) is 0 Å². The molecule has 0 aliphatic carbocycles. The third-order valence-corrected chi connectivity index (χ3v) is 5.19. The van der Waals surface area contributed by atoms with E-state index in [1.54, 1.807) is 0 Å². The molecule has 1 aromatic carbocycles. The smallest absolute Gasteiger partial charge is 0.314 e. The molecule has 2 aliphatic heterocycles. The third kappa shape index (κ3) is 3.21. The van der Waals surface area contributed by atoms with Gasteiger partial charge in [-0.3, -0.25) is 4.90 Å². The normalized spacial score (nSPS) is 21.9. The van der Waals surface area contributed by atoms with Crippen molar-refractivity contribution in [1.82, 2.24) is 9.80 Å². The summed E-state index contributed by atoms with van der Waals surface area (Å²) in [5, 5.41) is 0. The zero-order valence-electron chi connectivity index (χ0n) is 12.8. The zero-order valence-corrected chi connectivity index (χ0v) is 12.8. The van der Waals surface area contributed by atoms with Crippen molar-refractivity contribution in [2.24, 2.45) is 11.1 Å². The van der Waals surface area contributed by atoms with E-state index < -0.39 is 0 Å². The van der Waals surface area contributed by atoms with Gasteiger partial charge in [0.15, 0.2) is 0 Å². The van der Waals surface area contributed by atoms with Crippen LogP contribution in [0, 0.1) is 12.3 Å². The lowest BCUT2D eigenvalue weighted by atomic mass is 9.77. The van der Waals surface area contributed by atoms with E-state index in [0.29, 0.717) is 5.41 Å². The van der Waals surface area contributed by atoms with E-state index in [-0.39, 0.29) is 6.03 Å². The summed E-state index contributed by atoms with van der Waals surface area (Å²) >= 11 is 0. The number of likely N-dealkylation sites (tertiary alicyclic amines) is 2. The predicted octanol–water partition coefficient (Wildman–Crippen LogP) is 2.36. The number of nitrogens with two attached hydrogens (primary N) is 1. The molecule has 0 atom stereocenters. The van der Waals surface area contributed by atoms with Crippen LogP contribution < -0.4 is 5.73 Å². The van der Waals surface area contributed by atoms with Crippen LogP contribution in [0.3, 0.4) is 0 Å². The standard InChI is InChI=1S/C17H25N3O/c1-14-2-4-15(5-3-14)12-19-9-6-17(7-10-19)8-11-20(13-17)16(18)21/h2-5H,6-13H2,1H3,(H2,18,21). The number of carbonyl (C=O) groups excluding carboxylic acids is 1. The molecule has 3 rings (SSSR count). The van der Waals surface area contributed by atoms with Crippen LogP contribution in [0.2, 0.25) is 0 Å². The largest absolute Gasteiger partial charge is 0.351 e. The van der Waals surface area contributed by atoms with Gasteiger partial charge in [-0.2, -0.15) is 0 Å². The van der Waals surface area contributed by atoms with Crippen LogP contribution in [0.1, 0.15) is 30.4 Å². The first-order valence-electron chi connectivity index (χ1n) is 7.89. The van der Waals surface area contributed by atoms with Crippen LogP contribution in [-0.4, -0.2) is 42.0 Å². The van der Waals surface area contributed by atoms with Gasteiger partial charge in [0.05, 0.1) is 0 Å². The van der Waals surface area contributed by atoms with E-state index in [1.807, 2.05) is 4.90 Å². The third-order valence-electron chi connectivity index (χ3n) is 5.19. The number of hydrogen-bond acceptors (Lipinski definition) is 2. The van der Waals surface area contributed by atoms with Crippen molar-refractivity contribution in [3.05, 3.63) is 35.4 Å². The van der Waals surface area contributed by atoms with Gasteiger partial charge in [-0.05, 0) is 50.3 Å². The molecule has 21 heavy (non-hydrogen) atoms. The minimum absolute atomic E-state index is 0.256. The molecule has 2 heterocycles. The fourth-order valence-electron chi connectivity index (χ4n) is 3.67. The van der Waals surface area contributed by atoms with E-state index in [9.17, 15) is 4.79 Å². The summed E-state index contributed by atoms with van der Waals surface area (Å²) in [6.07, 6.45) is 3.49. The van der Waals surface area contributed by atoms with Crippen LogP contribution in [0.15, 0.2) is 24.3 Å². The maximum Gasteiger partial charge on any atom is 0.314 e. The predicted molar refractivity (Wildman–Crippen MR) is 83.9 cm³/mol. The summed E-state index contributed by atoms with van der Waals surface area (Å²) in [7, 11) is 0. The molecule has 1 aromatic rings. The van der Waals surface area contributed by atoms with Crippen LogP contribution in [0.4, 0.5) is 4.79 Å². The highest BCUT2D eigenvalue weighted by Gasteiger charge is 2.41. The Hall–Kier alpha value is -1.55. The van der Waals surface area contributed by atoms with Crippen molar-refractivity contribution in [3.8, 4) is 0 Å². The lowest BCUT2D eigenvalue weighted by Crippen LogP contribution is -2.42. The lowest BCUT2D eigenvalue weighted by Gasteiger charge is -2.39. The summed E-state index contributed by atoms with van der Waals surface area (Å²) < 4.78 is 0. The Morgan fingerprint density at radius 1 is 1.14 bits per heavy atom. The number of carbonyl (C=O) groups is 1. The number of urea groups is 1. The van der Waals surface area contributed by atoms with Crippen molar-refractivity contribution in [3.63, 3.8) is 0 Å². The first-order valence-corrected chi connectivity index (χ1v) is 7.89. The summed E-state index contributed by atoms with van der Waals surface area (Å²) in [6.45, 7) is 7.11.